The summed E-state index contributed by atoms with van der Waals surface area (Å²) in [6.45, 7) is 3.60. The Labute approximate surface area is 129 Å². The van der Waals surface area contributed by atoms with Gasteiger partial charge in [0.25, 0.3) is 0 Å². The molecule has 2 unspecified atom stereocenters. The topological polar surface area (TPSA) is 74.7 Å². The molecule has 1 saturated heterocycles. The number of rotatable bonds is 3. The zero-order valence-electron chi connectivity index (χ0n) is 11.9. The lowest BCUT2D eigenvalue weighted by molar-refractivity contribution is -0.143. The highest BCUT2D eigenvalue weighted by Crippen LogP contribution is 2.31. The minimum atomic E-state index is -3.79. The van der Waals surface area contributed by atoms with Crippen LogP contribution in [0.25, 0.3) is 0 Å². The van der Waals surface area contributed by atoms with Gasteiger partial charge in [-0.3, -0.25) is 4.79 Å². The summed E-state index contributed by atoms with van der Waals surface area (Å²) in [7, 11) is -3.79. The summed E-state index contributed by atoms with van der Waals surface area (Å²) in [5, 5.41) is 9.29. The van der Waals surface area contributed by atoms with Crippen LogP contribution in [0.3, 0.4) is 0 Å². The van der Waals surface area contributed by atoms with Crippen molar-refractivity contribution in [3.63, 3.8) is 0 Å². The molecule has 21 heavy (non-hydrogen) atoms. The van der Waals surface area contributed by atoms with Gasteiger partial charge in [-0.15, -0.1) is 0 Å². The summed E-state index contributed by atoms with van der Waals surface area (Å²) in [6.07, 6.45) is 1.02. The molecule has 1 heterocycles. The Hall–Kier alpha value is -1.11. The van der Waals surface area contributed by atoms with Crippen molar-refractivity contribution < 1.29 is 18.3 Å². The van der Waals surface area contributed by atoms with Crippen LogP contribution in [0.4, 0.5) is 0 Å². The monoisotopic (exact) mass is 331 g/mol. The van der Waals surface area contributed by atoms with Gasteiger partial charge in [-0.1, -0.05) is 17.7 Å². The number of hydrogen-bond acceptors (Lipinski definition) is 3. The highest BCUT2D eigenvalue weighted by atomic mass is 35.5. The third kappa shape index (κ3) is 3.22. The molecule has 116 valence electrons. The number of halogens is 1. The molecule has 7 heteroatoms. The van der Waals surface area contributed by atoms with E-state index in [-0.39, 0.29) is 22.5 Å². The lowest BCUT2D eigenvalue weighted by Crippen LogP contribution is -2.47. The standard InChI is InChI=1S/C14H18ClNO4S/c1-9-3-6-13(12(15)7-9)21(19,20)16-8-11(14(17)18)5-4-10(16)2/h3,6-7,10-11H,4-5,8H2,1-2H3,(H,17,18). The highest BCUT2D eigenvalue weighted by Gasteiger charge is 2.38. The second-order valence-electron chi connectivity index (χ2n) is 5.47. The average molecular weight is 332 g/mol. The average Bonchev–Trinajstić information content (AvgIpc) is 2.38. The number of carboxylic acid groups (broad SMARTS) is 1. The van der Waals surface area contributed by atoms with Crippen molar-refractivity contribution in [3.8, 4) is 0 Å². The predicted octanol–water partition coefficient (Wildman–Crippen LogP) is 2.52. The number of benzene rings is 1. The second kappa shape index (κ2) is 5.94. The van der Waals surface area contributed by atoms with Crippen LogP contribution in [0.2, 0.25) is 5.02 Å². The minimum absolute atomic E-state index is 0.0109. The summed E-state index contributed by atoms with van der Waals surface area (Å²) in [5.74, 6) is -1.63. The first-order valence-corrected chi connectivity index (χ1v) is 8.56. The van der Waals surface area contributed by atoms with Gasteiger partial charge in [-0.05, 0) is 44.4 Å². The van der Waals surface area contributed by atoms with Gasteiger partial charge >= 0.3 is 5.97 Å². The number of nitrogens with zero attached hydrogens (tertiary/aromatic N) is 1. The Bertz CT molecular complexity index is 659. The van der Waals surface area contributed by atoms with E-state index in [0.29, 0.717) is 12.8 Å². The fourth-order valence-corrected chi connectivity index (χ4v) is 4.83. The summed E-state index contributed by atoms with van der Waals surface area (Å²) in [6, 6.07) is 4.52. The Kier molecular flexibility index (Phi) is 4.60. The predicted molar refractivity (Wildman–Crippen MR) is 79.9 cm³/mol. The van der Waals surface area contributed by atoms with Crippen molar-refractivity contribution in [2.45, 2.75) is 37.6 Å². The van der Waals surface area contributed by atoms with Crippen molar-refractivity contribution in [3.05, 3.63) is 28.8 Å². The van der Waals surface area contributed by atoms with Crippen molar-refractivity contribution in [1.29, 1.82) is 0 Å². The maximum atomic E-state index is 12.7. The molecule has 1 aromatic carbocycles. The fourth-order valence-electron chi connectivity index (χ4n) is 2.55. The molecule has 1 aliphatic heterocycles. The van der Waals surface area contributed by atoms with Crippen LogP contribution < -0.4 is 0 Å². The van der Waals surface area contributed by atoms with Gasteiger partial charge in [0.2, 0.25) is 10.0 Å². The fraction of sp³-hybridized carbons (Fsp3) is 0.500. The largest absolute Gasteiger partial charge is 0.481 e. The van der Waals surface area contributed by atoms with E-state index >= 15 is 0 Å². The first-order chi connectivity index (χ1) is 9.73. The molecule has 2 rings (SSSR count). The van der Waals surface area contributed by atoms with E-state index < -0.39 is 21.9 Å². The Morgan fingerprint density at radius 2 is 2.05 bits per heavy atom. The van der Waals surface area contributed by atoms with Gasteiger partial charge in [-0.25, -0.2) is 8.42 Å². The molecule has 0 spiro atoms. The summed E-state index contributed by atoms with van der Waals surface area (Å²) in [5.41, 5.74) is 0.869. The van der Waals surface area contributed by atoms with E-state index in [4.69, 9.17) is 16.7 Å². The Balaban J connectivity index is 2.39. The molecular weight excluding hydrogens is 314 g/mol. The van der Waals surface area contributed by atoms with Crippen molar-refractivity contribution in [2.75, 3.05) is 6.54 Å². The van der Waals surface area contributed by atoms with Gasteiger partial charge in [0, 0.05) is 12.6 Å². The second-order valence-corrected chi connectivity index (χ2v) is 7.74. The maximum absolute atomic E-state index is 12.7. The van der Waals surface area contributed by atoms with Gasteiger partial charge in [0.1, 0.15) is 4.90 Å². The van der Waals surface area contributed by atoms with Gasteiger partial charge < -0.3 is 5.11 Å². The van der Waals surface area contributed by atoms with Crippen molar-refractivity contribution in [2.24, 2.45) is 5.92 Å². The van der Waals surface area contributed by atoms with Crippen LogP contribution in [-0.2, 0) is 14.8 Å². The van der Waals surface area contributed by atoms with Crippen LogP contribution in [0.5, 0.6) is 0 Å². The van der Waals surface area contributed by atoms with E-state index in [0.717, 1.165) is 5.56 Å². The molecule has 1 N–H and O–H groups in total. The summed E-state index contributed by atoms with van der Waals surface area (Å²) in [4.78, 5) is 11.2. The lowest BCUT2D eigenvalue weighted by atomic mass is 9.96. The Morgan fingerprint density at radius 3 is 2.62 bits per heavy atom. The third-order valence-corrected chi connectivity index (χ3v) is 6.31. The SMILES string of the molecule is Cc1ccc(S(=O)(=O)N2CC(C(=O)O)CCC2C)c(Cl)c1. The number of piperidine rings is 1. The number of hydrogen-bond donors (Lipinski definition) is 1. The minimum Gasteiger partial charge on any atom is -0.481 e. The smallest absolute Gasteiger partial charge is 0.307 e. The zero-order valence-corrected chi connectivity index (χ0v) is 13.5. The van der Waals surface area contributed by atoms with Crippen molar-refractivity contribution >= 4 is 27.6 Å². The molecule has 0 saturated carbocycles. The number of aliphatic carboxylic acids is 1. The molecule has 1 aliphatic rings. The maximum Gasteiger partial charge on any atom is 0.307 e. The molecule has 5 nitrogen and oxygen atoms in total. The molecular formula is C14H18ClNO4S. The third-order valence-electron chi connectivity index (χ3n) is 3.85. The van der Waals surface area contributed by atoms with Gasteiger partial charge in [0.15, 0.2) is 0 Å². The van der Waals surface area contributed by atoms with E-state index in [2.05, 4.69) is 0 Å². The molecule has 1 fully saturated rings. The van der Waals surface area contributed by atoms with Crippen LogP contribution in [-0.4, -0.2) is 36.4 Å². The highest BCUT2D eigenvalue weighted by molar-refractivity contribution is 7.89. The first kappa shape index (κ1) is 16.3. The van der Waals surface area contributed by atoms with Crippen LogP contribution in [0.15, 0.2) is 23.1 Å². The first-order valence-electron chi connectivity index (χ1n) is 6.74. The van der Waals surface area contributed by atoms with Crippen LogP contribution in [0.1, 0.15) is 25.3 Å². The number of carbonyl (C=O) groups is 1. The molecule has 1 aromatic rings. The molecule has 0 radical (unpaired) electrons. The van der Waals surface area contributed by atoms with E-state index in [1.165, 1.54) is 10.4 Å². The van der Waals surface area contributed by atoms with E-state index in [9.17, 15) is 13.2 Å². The quantitative estimate of drug-likeness (QED) is 0.923. The molecule has 0 bridgehead atoms. The van der Waals surface area contributed by atoms with E-state index in [1.807, 2.05) is 6.92 Å². The number of aryl methyl sites for hydroxylation is 1. The molecule has 0 aromatic heterocycles. The summed E-state index contributed by atoms with van der Waals surface area (Å²) < 4.78 is 26.7. The van der Waals surface area contributed by atoms with Crippen LogP contribution >= 0.6 is 11.6 Å². The number of sulfonamides is 1. The molecule has 0 amide bonds. The zero-order chi connectivity index (χ0) is 15.8. The molecule has 0 aliphatic carbocycles. The van der Waals surface area contributed by atoms with Gasteiger partial charge in [-0.2, -0.15) is 4.31 Å². The summed E-state index contributed by atoms with van der Waals surface area (Å²) >= 11 is 6.06. The lowest BCUT2D eigenvalue weighted by Gasteiger charge is -2.35. The normalized spacial score (nSPS) is 24.0. The Morgan fingerprint density at radius 1 is 1.38 bits per heavy atom. The van der Waals surface area contributed by atoms with Gasteiger partial charge in [0.05, 0.1) is 10.9 Å². The van der Waals surface area contributed by atoms with Crippen molar-refractivity contribution in [1.82, 2.24) is 4.31 Å². The molecule has 2 atom stereocenters. The number of carboxylic acids is 1. The van der Waals surface area contributed by atoms with Crippen LogP contribution in [0, 0.1) is 12.8 Å². The van der Waals surface area contributed by atoms with E-state index in [1.54, 1.807) is 19.1 Å².